The Hall–Kier alpha value is -1.28. The molecule has 1 heterocycles. The SMILES string of the molecule is CCCn1ccc2ccc(CC(N)CC)cc21. The zero-order chi connectivity index (χ0) is 12.3. The molecule has 1 aromatic heterocycles. The van der Waals surface area contributed by atoms with E-state index in [0.29, 0.717) is 0 Å². The fraction of sp³-hybridized carbons (Fsp3) is 0.467. The highest BCUT2D eigenvalue weighted by Gasteiger charge is 2.05. The number of fused-ring (bicyclic) bond motifs is 1. The van der Waals surface area contributed by atoms with Crippen LogP contribution >= 0.6 is 0 Å². The van der Waals surface area contributed by atoms with Crippen molar-refractivity contribution in [1.29, 1.82) is 0 Å². The third-order valence-electron chi connectivity index (χ3n) is 3.33. The van der Waals surface area contributed by atoms with Crippen LogP contribution in [0.4, 0.5) is 0 Å². The van der Waals surface area contributed by atoms with Crippen LogP contribution in [0.3, 0.4) is 0 Å². The van der Waals surface area contributed by atoms with E-state index in [9.17, 15) is 0 Å². The second-order valence-electron chi connectivity index (χ2n) is 4.77. The molecule has 92 valence electrons. The third-order valence-corrected chi connectivity index (χ3v) is 3.33. The van der Waals surface area contributed by atoms with Crippen molar-refractivity contribution in [2.45, 2.75) is 45.7 Å². The monoisotopic (exact) mass is 230 g/mol. The molecule has 2 rings (SSSR count). The van der Waals surface area contributed by atoms with Gasteiger partial charge in [-0.25, -0.2) is 0 Å². The average molecular weight is 230 g/mol. The van der Waals surface area contributed by atoms with E-state index in [2.05, 4.69) is 48.9 Å². The molecule has 0 amide bonds. The summed E-state index contributed by atoms with van der Waals surface area (Å²) in [5, 5.41) is 1.33. The van der Waals surface area contributed by atoms with E-state index in [1.807, 2.05) is 0 Å². The number of hydrogen-bond acceptors (Lipinski definition) is 1. The summed E-state index contributed by atoms with van der Waals surface area (Å²) in [6, 6.07) is 9.17. The summed E-state index contributed by atoms with van der Waals surface area (Å²) in [7, 11) is 0. The van der Waals surface area contributed by atoms with E-state index in [-0.39, 0.29) is 6.04 Å². The topological polar surface area (TPSA) is 30.9 Å². The molecule has 0 aliphatic heterocycles. The molecule has 2 heteroatoms. The Balaban J connectivity index is 2.30. The van der Waals surface area contributed by atoms with Gasteiger partial charge in [-0.15, -0.1) is 0 Å². The highest BCUT2D eigenvalue weighted by Crippen LogP contribution is 2.19. The summed E-state index contributed by atoms with van der Waals surface area (Å²) in [6.07, 6.45) is 5.36. The quantitative estimate of drug-likeness (QED) is 0.839. The van der Waals surface area contributed by atoms with Crippen molar-refractivity contribution in [2.24, 2.45) is 5.73 Å². The molecule has 2 aromatic rings. The molecule has 0 saturated carbocycles. The van der Waals surface area contributed by atoms with Gasteiger partial charge in [0.2, 0.25) is 0 Å². The molecule has 0 radical (unpaired) electrons. The molecule has 2 nitrogen and oxygen atoms in total. The molecule has 1 aromatic carbocycles. The van der Waals surface area contributed by atoms with E-state index in [1.165, 1.54) is 22.9 Å². The lowest BCUT2D eigenvalue weighted by Crippen LogP contribution is -2.21. The van der Waals surface area contributed by atoms with Gasteiger partial charge in [-0.05, 0) is 42.3 Å². The van der Waals surface area contributed by atoms with Crippen LogP contribution in [0, 0.1) is 0 Å². The zero-order valence-electron chi connectivity index (χ0n) is 10.8. The third kappa shape index (κ3) is 2.70. The molecule has 0 bridgehead atoms. The summed E-state index contributed by atoms with van der Waals surface area (Å²) in [5.74, 6) is 0. The van der Waals surface area contributed by atoms with E-state index >= 15 is 0 Å². The Morgan fingerprint density at radius 3 is 2.76 bits per heavy atom. The highest BCUT2D eigenvalue weighted by atomic mass is 14.9. The number of aromatic nitrogens is 1. The van der Waals surface area contributed by atoms with Crippen molar-refractivity contribution in [3.63, 3.8) is 0 Å². The van der Waals surface area contributed by atoms with Crippen molar-refractivity contribution in [1.82, 2.24) is 4.57 Å². The molecule has 0 saturated heterocycles. The normalized spacial score (nSPS) is 13.1. The molecule has 0 aliphatic rings. The van der Waals surface area contributed by atoms with Gasteiger partial charge in [0, 0.05) is 24.3 Å². The fourth-order valence-corrected chi connectivity index (χ4v) is 2.24. The Morgan fingerprint density at radius 1 is 1.24 bits per heavy atom. The average Bonchev–Trinajstić information content (AvgIpc) is 2.73. The van der Waals surface area contributed by atoms with Gasteiger partial charge in [-0.2, -0.15) is 0 Å². The number of nitrogens with zero attached hydrogens (tertiary/aromatic N) is 1. The summed E-state index contributed by atoms with van der Waals surface area (Å²) in [6.45, 7) is 5.44. The molecule has 1 atom stereocenters. The molecular weight excluding hydrogens is 208 g/mol. The van der Waals surface area contributed by atoms with Crippen molar-refractivity contribution in [2.75, 3.05) is 0 Å². The predicted octanol–water partition coefficient (Wildman–Crippen LogP) is 3.33. The van der Waals surface area contributed by atoms with Crippen LogP contribution in [0.5, 0.6) is 0 Å². The Bertz CT molecular complexity index is 485. The Morgan fingerprint density at radius 2 is 2.06 bits per heavy atom. The van der Waals surface area contributed by atoms with Gasteiger partial charge in [0.1, 0.15) is 0 Å². The van der Waals surface area contributed by atoms with Crippen LogP contribution in [0.2, 0.25) is 0 Å². The second kappa shape index (κ2) is 5.37. The fourth-order valence-electron chi connectivity index (χ4n) is 2.24. The van der Waals surface area contributed by atoms with Gasteiger partial charge in [0.05, 0.1) is 0 Å². The van der Waals surface area contributed by atoms with Crippen LogP contribution in [0.25, 0.3) is 10.9 Å². The van der Waals surface area contributed by atoms with Gasteiger partial charge < -0.3 is 10.3 Å². The number of hydrogen-bond donors (Lipinski definition) is 1. The first kappa shape index (κ1) is 12.2. The highest BCUT2D eigenvalue weighted by molar-refractivity contribution is 5.80. The molecule has 0 spiro atoms. The van der Waals surface area contributed by atoms with Gasteiger partial charge in [-0.3, -0.25) is 0 Å². The number of nitrogens with two attached hydrogens (primary N) is 1. The van der Waals surface area contributed by atoms with E-state index in [0.717, 1.165) is 19.4 Å². The maximum Gasteiger partial charge on any atom is 0.0483 e. The van der Waals surface area contributed by atoms with Crippen molar-refractivity contribution >= 4 is 10.9 Å². The summed E-state index contributed by atoms with van der Waals surface area (Å²) in [4.78, 5) is 0. The van der Waals surface area contributed by atoms with Gasteiger partial charge in [0.15, 0.2) is 0 Å². The lowest BCUT2D eigenvalue weighted by molar-refractivity contribution is 0.646. The summed E-state index contributed by atoms with van der Waals surface area (Å²) >= 11 is 0. The van der Waals surface area contributed by atoms with Crippen LogP contribution in [-0.2, 0) is 13.0 Å². The Kier molecular flexibility index (Phi) is 3.85. The Labute approximate surface area is 103 Å². The van der Waals surface area contributed by atoms with Crippen LogP contribution in [0.1, 0.15) is 32.3 Å². The maximum absolute atomic E-state index is 6.01. The minimum Gasteiger partial charge on any atom is -0.347 e. The van der Waals surface area contributed by atoms with E-state index in [1.54, 1.807) is 0 Å². The minimum atomic E-state index is 0.280. The van der Waals surface area contributed by atoms with Gasteiger partial charge in [-0.1, -0.05) is 26.0 Å². The van der Waals surface area contributed by atoms with Crippen molar-refractivity contribution in [3.05, 3.63) is 36.0 Å². The standard InChI is InChI=1S/C15H22N2/c1-3-8-17-9-7-13-6-5-12(11-15(13)17)10-14(16)4-2/h5-7,9,11,14H,3-4,8,10,16H2,1-2H3. The molecule has 0 aliphatic carbocycles. The van der Waals surface area contributed by atoms with Crippen LogP contribution in [-0.4, -0.2) is 10.6 Å². The van der Waals surface area contributed by atoms with Crippen molar-refractivity contribution in [3.8, 4) is 0 Å². The lowest BCUT2D eigenvalue weighted by atomic mass is 10.0. The molecule has 0 fully saturated rings. The minimum absolute atomic E-state index is 0.280. The number of aryl methyl sites for hydroxylation is 1. The predicted molar refractivity (Wildman–Crippen MR) is 74.2 cm³/mol. The molecule has 2 N–H and O–H groups in total. The van der Waals surface area contributed by atoms with Crippen LogP contribution < -0.4 is 5.73 Å². The smallest absolute Gasteiger partial charge is 0.0483 e. The lowest BCUT2D eigenvalue weighted by Gasteiger charge is -2.10. The molecular formula is C15H22N2. The first-order valence-corrected chi connectivity index (χ1v) is 6.58. The first-order chi connectivity index (χ1) is 8.24. The van der Waals surface area contributed by atoms with Gasteiger partial charge >= 0.3 is 0 Å². The van der Waals surface area contributed by atoms with Gasteiger partial charge in [0.25, 0.3) is 0 Å². The maximum atomic E-state index is 6.01. The van der Waals surface area contributed by atoms with E-state index in [4.69, 9.17) is 5.73 Å². The summed E-state index contributed by atoms with van der Waals surface area (Å²) in [5.41, 5.74) is 8.70. The molecule has 17 heavy (non-hydrogen) atoms. The van der Waals surface area contributed by atoms with Crippen LogP contribution in [0.15, 0.2) is 30.5 Å². The second-order valence-corrected chi connectivity index (χ2v) is 4.77. The molecule has 1 unspecified atom stereocenters. The van der Waals surface area contributed by atoms with Crippen molar-refractivity contribution < 1.29 is 0 Å². The summed E-state index contributed by atoms with van der Waals surface area (Å²) < 4.78 is 2.33. The number of benzene rings is 1. The first-order valence-electron chi connectivity index (χ1n) is 6.58. The number of rotatable bonds is 5. The van der Waals surface area contributed by atoms with E-state index < -0.39 is 0 Å². The zero-order valence-corrected chi connectivity index (χ0v) is 10.8. The largest absolute Gasteiger partial charge is 0.347 e.